The first kappa shape index (κ1) is 25.8. The van der Waals surface area contributed by atoms with Gasteiger partial charge in [-0.25, -0.2) is 9.48 Å². The molecule has 1 fully saturated rings. The van der Waals surface area contributed by atoms with Crippen molar-refractivity contribution in [3.63, 3.8) is 0 Å². The fraction of sp³-hybridized carbons (Fsp3) is 0.290. The van der Waals surface area contributed by atoms with Crippen molar-refractivity contribution in [2.75, 3.05) is 20.3 Å². The molecule has 9 nitrogen and oxygen atoms in total. The summed E-state index contributed by atoms with van der Waals surface area (Å²) in [6, 6.07) is 19.7. The lowest BCUT2D eigenvalue weighted by molar-refractivity contribution is 0.0553. The highest BCUT2D eigenvalue weighted by Gasteiger charge is 2.31. The van der Waals surface area contributed by atoms with Crippen molar-refractivity contribution in [3.05, 3.63) is 83.0 Å². The average molecular weight is 538 g/mol. The molecule has 1 unspecified atom stereocenters. The number of rotatable bonds is 6. The van der Waals surface area contributed by atoms with Crippen LogP contribution in [0.4, 0.5) is 0 Å². The third-order valence-electron chi connectivity index (χ3n) is 7.99. The number of esters is 1. The van der Waals surface area contributed by atoms with Crippen LogP contribution < -0.4 is 5.73 Å². The topological polar surface area (TPSA) is 114 Å². The Morgan fingerprint density at radius 2 is 1.80 bits per heavy atom. The van der Waals surface area contributed by atoms with E-state index in [1.165, 1.54) is 7.11 Å². The van der Waals surface area contributed by atoms with E-state index < -0.39 is 11.9 Å². The van der Waals surface area contributed by atoms with Gasteiger partial charge in [-0.2, -0.15) is 0 Å². The molecule has 1 amide bonds. The highest BCUT2D eigenvalue weighted by atomic mass is 16.5. The lowest BCUT2D eigenvalue weighted by atomic mass is 9.86. The number of primary amides is 1. The van der Waals surface area contributed by atoms with Crippen molar-refractivity contribution in [1.82, 2.24) is 19.6 Å². The number of benzene rings is 3. The molecule has 0 spiro atoms. The molecule has 3 aromatic carbocycles. The molecule has 0 radical (unpaired) electrons. The minimum atomic E-state index is -0.530. The van der Waals surface area contributed by atoms with E-state index in [0.29, 0.717) is 24.3 Å². The molecule has 6 rings (SSSR count). The summed E-state index contributed by atoms with van der Waals surface area (Å²) in [6.07, 6.45) is 1.76. The number of aryl methyl sites for hydroxylation is 2. The number of nitrogens with two attached hydrogens (primary N) is 1. The molecule has 1 saturated heterocycles. The van der Waals surface area contributed by atoms with E-state index in [4.69, 9.17) is 15.2 Å². The number of ether oxygens (including phenoxy) is 2. The van der Waals surface area contributed by atoms with Gasteiger partial charge in [0.2, 0.25) is 5.91 Å². The highest BCUT2D eigenvalue weighted by molar-refractivity contribution is 6.19. The summed E-state index contributed by atoms with van der Waals surface area (Å²) in [5.41, 5.74) is 12.0. The maximum atomic E-state index is 13.0. The Morgan fingerprint density at radius 1 is 1.05 bits per heavy atom. The van der Waals surface area contributed by atoms with E-state index in [1.54, 1.807) is 10.7 Å². The van der Waals surface area contributed by atoms with E-state index in [0.717, 1.165) is 57.2 Å². The van der Waals surface area contributed by atoms with Crippen LogP contribution in [0.1, 0.15) is 50.9 Å². The molecule has 1 aliphatic heterocycles. The molecule has 204 valence electrons. The van der Waals surface area contributed by atoms with Gasteiger partial charge in [-0.3, -0.25) is 4.79 Å². The van der Waals surface area contributed by atoms with Crippen LogP contribution in [0.25, 0.3) is 33.1 Å². The van der Waals surface area contributed by atoms with E-state index in [9.17, 15) is 9.59 Å². The highest BCUT2D eigenvalue weighted by Crippen LogP contribution is 2.43. The van der Waals surface area contributed by atoms with E-state index in [2.05, 4.69) is 33.1 Å². The quantitative estimate of drug-likeness (QED) is 0.311. The molecule has 0 aliphatic carbocycles. The SMILES string of the molecule is COC(=O)c1ccc2c3c(C(N)=O)cc(-c4c(C)nnn4C)cc3n(C(c3ccccc3)C3CCOCC3)c2c1. The average Bonchev–Trinajstić information content (AvgIpc) is 3.48. The van der Waals surface area contributed by atoms with Gasteiger partial charge in [0.25, 0.3) is 0 Å². The smallest absolute Gasteiger partial charge is 0.337 e. The van der Waals surface area contributed by atoms with Gasteiger partial charge in [-0.15, -0.1) is 5.10 Å². The second-order valence-corrected chi connectivity index (χ2v) is 10.3. The van der Waals surface area contributed by atoms with Crippen molar-refractivity contribution in [1.29, 1.82) is 0 Å². The number of nitrogens with zero attached hydrogens (tertiary/aromatic N) is 4. The van der Waals surface area contributed by atoms with E-state index >= 15 is 0 Å². The van der Waals surface area contributed by atoms with Crippen molar-refractivity contribution >= 4 is 33.7 Å². The Balaban J connectivity index is 1.77. The molecule has 2 aromatic heterocycles. The maximum absolute atomic E-state index is 13.0. The first-order valence-corrected chi connectivity index (χ1v) is 13.4. The molecule has 5 aromatic rings. The normalized spacial score (nSPS) is 15.0. The van der Waals surface area contributed by atoms with E-state index in [1.807, 2.05) is 50.4 Å². The minimum absolute atomic E-state index is 0.0836. The number of methoxy groups -OCH3 is 1. The molecule has 9 heteroatoms. The van der Waals surface area contributed by atoms with Gasteiger partial charge >= 0.3 is 5.97 Å². The fourth-order valence-electron chi connectivity index (χ4n) is 6.22. The largest absolute Gasteiger partial charge is 0.465 e. The number of hydrogen-bond acceptors (Lipinski definition) is 6. The Bertz CT molecular complexity index is 1730. The van der Waals surface area contributed by atoms with Crippen LogP contribution in [0.5, 0.6) is 0 Å². The van der Waals surface area contributed by atoms with Gasteiger partial charge in [-0.05, 0) is 55.5 Å². The van der Waals surface area contributed by atoms with Crippen LogP contribution in [0.3, 0.4) is 0 Å². The predicted molar refractivity (Wildman–Crippen MR) is 152 cm³/mol. The molecule has 40 heavy (non-hydrogen) atoms. The van der Waals surface area contributed by atoms with E-state index in [-0.39, 0.29) is 12.0 Å². The summed E-state index contributed by atoms with van der Waals surface area (Å²) in [7, 11) is 3.20. The Kier molecular flexibility index (Phi) is 6.59. The number of aromatic nitrogens is 4. The zero-order valence-corrected chi connectivity index (χ0v) is 22.8. The fourth-order valence-corrected chi connectivity index (χ4v) is 6.22. The molecule has 0 bridgehead atoms. The Hall–Kier alpha value is -4.50. The zero-order chi connectivity index (χ0) is 28.0. The number of amides is 1. The van der Waals surface area contributed by atoms with Crippen molar-refractivity contribution in [2.45, 2.75) is 25.8 Å². The number of fused-ring (bicyclic) bond motifs is 3. The minimum Gasteiger partial charge on any atom is -0.465 e. The van der Waals surface area contributed by atoms with Crippen LogP contribution >= 0.6 is 0 Å². The summed E-state index contributed by atoms with van der Waals surface area (Å²) in [6.45, 7) is 3.25. The predicted octanol–water partition coefficient (Wildman–Crippen LogP) is 4.80. The Morgan fingerprint density at radius 3 is 2.45 bits per heavy atom. The first-order valence-electron chi connectivity index (χ1n) is 13.4. The van der Waals surface area contributed by atoms with Crippen LogP contribution in [0, 0.1) is 12.8 Å². The van der Waals surface area contributed by atoms with Gasteiger partial charge in [0, 0.05) is 42.2 Å². The van der Waals surface area contributed by atoms with Crippen LogP contribution in [0.15, 0.2) is 60.7 Å². The van der Waals surface area contributed by atoms with Crippen molar-refractivity contribution in [2.24, 2.45) is 18.7 Å². The van der Waals surface area contributed by atoms with Gasteiger partial charge in [0.05, 0.1) is 41.1 Å². The summed E-state index contributed by atoms with van der Waals surface area (Å²) < 4.78 is 14.8. The molecule has 0 saturated carbocycles. The van der Waals surface area contributed by atoms with Gasteiger partial charge in [0.15, 0.2) is 0 Å². The summed E-state index contributed by atoms with van der Waals surface area (Å²) in [5.74, 6) is -0.691. The molecule has 2 N–H and O–H groups in total. The van der Waals surface area contributed by atoms with Crippen molar-refractivity contribution in [3.8, 4) is 11.3 Å². The van der Waals surface area contributed by atoms with Crippen LogP contribution in [-0.2, 0) is 16.5 Å². The molecule has 1 aliphatic rings. The van der Waals surface area contributed by atoms with Crippen LogP contribution in [-0.4, -0.2) is 51.8 Å². The summed E-state index contributed by atoms with van der Waals surface area (Å²) >= 11 is 0. The number of hydrogen-bond donors (Lipinski definition) is 1. The molecule has 3 heterocycles. The molecular weight excluding hydrogens is 506 g/mol. The van der Waals surface area contributed by atoms with Gasteiger partial charge < -0.3 is 19.8 Å². The lowest BCUT2D eigenvalue weighted by Crippen LogP contribution is -2.27. The molecule has 1 atom stereocenters. The van der Waals surface area contributed by atoms with Gasteiger partial charge in [-0.1, -0.05) is 41.6 Å². The summed E-state index contributed by atoms with van der Waals surface area (Å²) in [5, 5.41) is 10.0. The van der Waals surface area contributed by atoms with Gasteiger partial charge in [0.1, 0.15) is 0 Å². The lowest BCUT2D eigenvalue weighted by Gasteiger charge is -2.33. The monoisotopic (exact) mass is 537 g/mol. The second kappa shape index (κ2) is 10.2. The van der Waals surface area contributed by atoms with Crippen molar-refractivity contribution < 1.29 is 19.1 Å². The van der Waals surface area contributed by atoms with Crippen LogP contribution in [0.2, 0.25) is 0 Å². The number of carbonyl (C=O) groups excluding carboxylic acids is 2. The second-order valence-electron chi connectivity index (χ2n) is 10.3. The number of carbonyl (C=O) groups is 2. The standard InChI is InChI=1S/C31H31N5O4/c1-18-28(35(2)34-33-18)22-15-24(30(32)37)27-23-10-9-21(31(38)39-3)16-25(23)36(26(27)17-22)29(19-7-5-4-6-8-19)20-11-13-40-14-12-20/h4-10,15-17,20,29H,11-14H2,1-3H3,(H2,32,37). The summed E-state index contributed by atoms with van der Waals surface area (Å²) in [4.78, 5) is 25.7. The third kappa shape index (κ3) is 4.23. The maximum Gasteiger partial charge on any atom is 0.337 e. The third-order valence-corrected chi connectivity index (χ3v) is 7.99. The zero-order valence-electron chi connectivity index (χ0n) is 22.8. The Labute approximate surface area is 231 Å². The first-order chi connectivity index (χ1) is 19.4. The molecular formula is C31H31N5O4.